The van der Waals surface area contributed by atoms with Crippen LogP contribution >= 0.6 is 0 Å². The highest BCUT2D eigenvalue weighted by molar-refractivity contribution is 5.73. The highest BCUT2D eigenvalue weighted by Crippen LogP contribution is 2.34. The lowest BCUT2D eigenvalue weighted by Gasteiger charge is -2.23. The molecule has 0 aliphatic carbocycles. The summed E-state index contributed by atoms with van der Waals surface area (Å²) in [6, 6.07) is 9.79. The van der Waals surface area contributed by atoms with Gasteiger partial charge in [0.15, 0.2) is 0 Å². The molecule has 4 nitrogen and oxygen atoms in total. The lowest BCUT2D eigenvalue weighted by atomic mass is 9.90. The minimum Gasteiger partial charge on any atom is -0.459 e. The SMILES string of the molecule is CCCCCCCCCCOC[C@@H](O)[C@@H]1OC(=O)C[C@H]1c1ccccc1. The molecule has 1 heterocycles. The van der Waals surface area contributed by atoms with Crippen LogP contribution in [0.2, 0.25) is 0 Å². The van der Waals surface area contributed by atoms with Crippen LogP contribution in [-0.2, 0) is 14.3 Å². The first-order valence-corrected chi connectivity index (χ1v) is 10.2. The number of carbonyl (C=O) groups is 1. The van der Waals surface area contributed by atoms with Crippen molar-refractivity contribution < 1.29 is 19.4 Å². The zero-order valence-corrected chi connectivity index (χ0v) is 16.1. The summed E-state index contributed by atoms with van der Waals surface area (Å²) in [5.74, 6) is -0.337. The molecule has 0 unspecified atom stereocenters. The number of aliphatic hydroxyl groups excluding tert-OH is 1. The Balaban J connectivity index is 1.61. The predicted octanol–water partition coefficient (Wildman–Crippen LogP) is 4.60. The summed E-state index contributed by atoms with van der Waals surface area (Å²) < 4.78 is 11.0. The van der Waals surface area contributed by atoms with E-state index in [2.05, 4.69) is 6.92 Å². The normalized spacial score (nSPS) is 20.9. The van der Waals surface area contributed by atoms with Crippen LogP contribution in [0.15, 0.2) is 30.3 Å². The van der Waals surface area contributed by atoms with Crippen molar-refractivity contribution in [2.24, 2.45) is 0 Å². The summed E-state index contributed by atoms with van der Waals surface area (Å²) >= 11 is 0. The Morgan fingerprint density at radius 3 is 2.42 bits per heavy atom. The molecule has 3 atom stereocenters. The van der Waals surface area contributed by atoms with Gasteiger partial charge in [0.1, 0.15) is 12.2 Å². The predicted molar refractivity (Wildman–Crippen MR) is 103 cm³/mol. The maximum Gasteiger partial charge on any atom is 0.306 e. The maximum atomic E-state index is 11.7. The Morgan fingerprint density at radius 1 is 1.08 bits per heavy atom. The molecule has 1 aliphatic heterocycles. The number of unbranched alkanes of at least 4 members (excludes halogenated alkanes) is 7. The molecule has 4 heteroatoms. The van der Waals surface area contributed by atoms with Gasteiger partial charge in [0.25, 0.3) is 0 Å². The van der Waals surface area contributed by atoms with Crippen molar-refractivity contribution in [2.45, 2.75) is 82.8 Å². The molecule has 1 fully saturated rings. The molecule has 2 rings (SSSR count). The molecule has 1 aromatic rings. The fourth-order valence-electron chi connectivity index (χ4n) is 3.57. The summed E-state index contributed by atoms with van der Waals surface area (Å²) in [5, 5.41) is 10.4. The number of hydrogen-bond acceptors (Lipinski definition) is 4. The zero-order chi connectivity index (χ0) is 18.6. The standard InChI is InChI=1S/C22H34O4/c1-2-3-4-5-6-7-8-12-15-25-17-20(23)22-19(16-21(24)26-22)18-13-10-9-11-14-18/h9-11,13-14,19-20,22-23H,2-8,12,15-17H2,1H3/t19-,20+,22+/m0/s1. The first-order chi connectivity index (χ1) is 12.7. The summed E-state index contributed by atoms with van der Waals surface area (Å²) in [7, 11) is 0. The van der Waals surface area contributed by atoms with Crippen molar-refractivity contribution in [3.8, 4) is 0 Å². The van der Waals surface area contributed by atoms with Crippen molar-refractivity contribution in [3.05, 3.63) is 35.9 Å². The minimum absolute atomic E-state index is 0.0922. The van der Waals surface area contributed by atoms with Crippen LogP contribution in [0.3, 0.4) is 0 Å². The van der Waals surface area contributed by atoms with Gasteiger partial charge in [-0.3, -0.25) is 4.79 Å². The Bertz CT molecular complexity index is 502. The Kier molecular flexibility index (Phi) is 9.72. The highest BCUT2D eigenvalue weighted by atomic mass is 16.6. The van der Waals surface area contributed by atoms with Crippen LogP contribution in [0.1, 0.15) is 76.2 Å². The quantitative estimate of drug-likeness (QED) is 0.411. The number of cyclic esters (lactones) is 1. The van der Waals surface area contributed by atoms with E-state index in [0.29, 0.717) is 13.0 Å². The van der Waals surface area contributed by atoms with Crippen molar-refractivity contribution >= 4 is 5.97 Å². The zero-order valence-electron chi connectivity index (χ0n) is 16.1. The highest BCUT2D eigenvalue weighted by Gasteiger charge is 2.40. The topological polar surface area (TPSA) is 55.8 Å². The summed E-state index contributed by atoms with van der Waals surface area (Å²) in [6.45, 7) is 3.11. The number of carbonyl (C=O) groups excluding carboxylic acids is 1. The van der Waals surface area contributed by atoms with E-state index >= 15 is 0 Å². The molecule has 26 heavy (non-hydrogen) atoms. The monoisotopic (exact) mass is 362 g/mol. The van der Waals surface area contributed by atoms with Gasteiger partial charge in [-0.25, -0.2) is 0 Å². The second-order valence-electron chi connectivity index (χ2n) is 7.29. The van der Waals surface area contributed by atoms with Gasteiger partial charge in [-0.2, -0.15) is 0 Å². The molecule has 146 valence electrons. The Morgan fingerprint density at radius 2 is 1.73 bits per heavy atom. The van der Waals surface area contributed by atoms with Gasteiger partial charge >= 0.3 is 5.97 Å². The van der Waals surface area contributed by atoms with E-state index in [-0.39, 0.29) is 18.5 Å². The Labute approximate surface area is 157 Å². The van der Waals surface area contributed by atoms with Gasteiger partial charge in [0.2, 0.25) is 0 Å². The van der Waals surface area contributed by atoms with E-state index in [0.717, 1.165) is 12.0 Å². The summed E-state index contributed by atoms with van der Waals surface area (Å²) in [4.78, 5) is 11.7. The summed E-state index contributed by atoms with van der Waals surface area (Å²) in [6.07, 6.45) is 9.11. The molecule has 0 aromatic heterocycles. The van der Waals surface area contributed by atoms with Gasteiger partial charge in [-0.15, -0.1) is 0 Å². The van der Waals surface area contributed by atoms with Gasteiger partial charge in [-0.05, 0) is 12.0 Å². The van der Waals surface area contributed by atoms with E-state index in [1.165, 1.54) is 44.9 Å². The van der Waals surface area contributed by atoms with E-state index in [4.69, 9.17) is 9.47 Å². The van der Waals surface area contributed by atoms with E-state index < -0.39 is 12.2 Å². The molecular formula is C22H34O4. The second kappa shape index (κ2) is 12.1. The second-order valence-corrected chi connectivity index (χ2v) is 7.29. The summed E-state index contributed by atoms with van der Waals surface area (Å²) in [5.41, 5.74) is 1.03. The molecule has 0 radical (unpaired) electrons. The van der Waals surface area contributed by atoms with E-state index in [1.807, 2.05) is 30.3 Å². The number of ether oxygens (including phenoxy) is 2. The maximum absolute atomic E-state index is 11.7. The first kappa shape index (κ1) is 20.9. The number of aliphatic hydroxyl groups is 1. The fraction of sp³-hybridized carbons (Fsp3) is 0.682. The molecule has 0 amide bonds. The third-order valence-electron chi connectivity index (χ3n) is 5.09. The minimum atomic E-state index is -0.777. The lowest BCUT2D eigenvalue weighted by Crippen LogP contribution is -2.34. The molecule has 0 spiro atoms. The number of benzene rings is 1. The average Bonchev–Trinajstić information content (AvgIpc) is 3.06. The van der Waals surface area contributed by atoms with E-state index in [1.54, 1.807) is 0 Å². The lowest BCUT2D eigenvalue weighted by molar-refractivity contribution is -0.147. The molecule has 1 N–H and O–H groups in total. The van der Waals surface area contributed by atoms with Crippen LogP contribution in [0.25, 0.3) is 0 Å². The molecule has 1 aromatic carbocycles. The third kappa shape index (κ3) is 7.08. The van der Waals surface area contributed by atoms with Crippen molar-refractivity contribution in [1.82, 2.24) is 0 Å². The van der Waals surface area contributed by atoms with Crippen LogP contribution in [0.5, 0.6) is 0 Å². The first-order valence-electron chi connectivity index (χ1n) is 10.2. The van der Waals surface area contributed by atoms with Crippen LogP contribution in [-0.4, -0.2) is 36.5 Å². The Hall–Kier alpha value is -1.39. The van der Waals surface area contributed by atoms with Crippen LogP contribution in [0.4, 0.5) is 0 Å². The van der Waals surface area contributed by atoms with Crippen molar-refractivity contribution in [1.29, 1.82) is 0 Å². The van der Waals surface area contributed by atoms with Gasteiger partial charge in [-0.1, -0.05) is 82.2 Å². The van der Waals surface area contributed by atoms with Crippen LogP contribution in [0, 0.1) is 0 Å². The smallest absolute Gasteiger partial charge is 0.306 e. The number of hydrogen-bond donors (Lipinski definition) is 1. The van der Waals surface area contributed by atoms with Gasteiger partial charge in [0, 0.05) is 12.5 Å². The fourth-order valence-corrected chi connectivity index (χ4v) is 3.57. The van der Waals surface area contributed by atoms with Gasteiger partial charge < -0.3 is 14.6 Å². The van der Waals surface area contributed by atoms with E-state index in [9.17, 15) is 9.90 Å². The molecule has 1 aliphatic rings. The largest absolute Gasteiger partial charge is 0.459 e. The van der Waals surface area contributed by atoms with Crippen LogP contribution < -0.4 is 0 Å². The van der Waals surface area contributed by atoms with Gasteiger partial charge in [0.05, 0.1) is 13.0 Å². The third-order valence-corrected chi connectivity index (χ3v) is 5.09. The molecule has 1 saturated heterocycles. The molecule has 0 saturated carbocycles. The number of rotatable bonds is 13. The molecule has 0 bridgehead atoms. The number of esters is 1. The molecular weight excluding hydrogens is 328 g/mol. The van der Waals surface area contributed by atoms with Crippen molar-refractivity contribution in [2.75, 3.05) is 13.2 Å². The van der Waals surface area contributed by atoms with Crippen molar-refractivity contribution in [3.63, 3.8) is 0 Å². The average molecular weight is 363 g/mol.